The molecule has 2 aromatic carbocycles. The number of sulfonamides is 1. The third kappa shape index (κ3) is 4.52. The number of anilines is 2. The molecule has 0 spiro atoms. The number of urea groups is 1. The largest absolute Gasteiger partial charge is 0.323 e. The van der Waals surface area contributed by atoms with Crippen molar-refractivity contribution in [2.45, 2.75) is 4.90 Å². The van der Waals surface area contributed by atoms with Crippen molar-refractivity contribution < 1.29 is 18.1 Å². The normalized spacial score (nSPS) is 11.2. The van der Waals surface area contributed by atoms with Crippen molar-refractivity contribution in [1.82, 2.24) is 4.31 Å². The fourth-order valence-corrected chi connectivity index (χ4v) is 2.78. The number of hydrogen-bond acceptors (Lipinski definition) is 5. The molecule has 132 valence electrons. The van der Waals surface area contributed by atoms with Crippen molar-refractivity contribution in [2.24, 2.45) is 0 Å². The summed E-state index contributed by atoms with van der Waals surface area (Å²) in [6.45, 7) is 0. The Bertz CT molecular complexity index is 877. The van der Waals surface area contributed by atoms with Crippen LogP contribution in [0.1, 0.15) is 0 Å². The van der Waals surface area contributed by atoms with Crippen molar-refractivity contribution in [2.75, 3.05) is 24.7 Å². The average molecular weight is 364 g/mol. The summed E-state index contributed by atoms with van der Waals surface area (Å²) in [6, 6.07) is 10.5. The maximum atomic E-state index is 12.0. The molecule has 10 heteroatoms. The highest BCUT2D eigenvalue weighted by Gasteiger charge is 2.16. The molecule has 0 radical (unpaired) electrons. The van der Waals surface area contributed by atoms with E-state index in [-0.39, 0.29) is 10.6 Å². The average Bonchev–Trinajstić information content (AvgIpc) is 2.55. The molecule has 0 bridgehead atoms. The van der Waals surface area contributed by atoms with Gasteiger partial charge in [0.15, 0.2) is 0 Å². The Kier molecular flexibility index (Phi) is 5.35. The van der Waals surface area contributed by atoms with Crippen molar-refractivity contribution in [3.8, 4) is 0 Å². The Morgan fingerprint density at radius 1 is 0.960 bits per heavy atom. The number of carbonyl (C=O) groups is 1. The summed E-state index contributed by atoms with van der Waals surface area (Å²) in [6.07, 6.45) is 0. The van der Waals surface area contributed by atoms with Gasteiger partial charge in [0, 0.05) is 37.6 Å². The summed E-state index contributed by atoms with van der Waals surface area (Å²) >= 11 is 0. The van der Waals surface area contributed by atoms with Crippen LogP contribution in [0.5, 0.6) is 0 Å². The number of nitro benzene ring substituents is 1. The van der Waals surface area contributed by atoms with Gasteiger partial charge in [0.2, 0.25) is 10.0 Å². The second kappa shape index (κ2) is 7.28. The van der Waals surface area contributed by atoms with E-state index >= 15 is 0 Å². The zero-order valence-electron chi connectivity index (χ0n) is 13.5. The van der Waals surface area contributed by atoms with Gasteiger partial charge in [-0.3, -0.25) is 10.1 Å². The molecule has 0 aliphatic rings. The van der Waals surface area contributed by atoms with Gasteiger partial charge in [-0.05, 0) is 36.4 Å². The van der Waals surface area contributed by atoms with Gasteiger partial charge in [-0.2, -0.15) is 0 Å². The molecule has 0 unspecified atom stereocenters. The molecule has 9 nitrogen and oxygen atoms in total. The molecule has 0 saturated carbocycles. The molecule has 2 aromatic rings. The summed E-state index contributed by atoms with van der Waals surface area (Å²) in [5.74, 6) is 0. The van der Waals surface area contributed by atoms with E-state index in [1.54, 1.807) is 0 Å². The lowest BCUT2D eigenvalue weighted by Gasteiger charge is -2.12. The van der Waals surface area contributed by atoms with E-state index < -0.39 is 21.0 Å². The molecular weight excluding hydrogens is 348 g/mol. The van der Waals surface area contributed by atoms with E-state index in [0.717, 1.165) is 4.31 Å². The van der Waals surface area contributed by atoms with Gasteiger partial charge >= 0.3 is 6.03 Å². The smallest absolute Gasteiger partial charge is 0.308 e. The molecule has 2 amide bonds. The van der Waals surface area contributed by atoms with Gasteiger partial charge in [-0.15, -0.1) is 0 Å². The molecule has 0 aliphatic heterocycles. The molecule has 2 N–H and O–H groups in total. The minimum absolute atomic E-state index is 0.0800. The van der Waals surface area contributed by atoms with Crippen LogP contribution >= 0.6 is 0 Å². The number of carbonyl (C=O) groups excluding carboxylic acids is 1. The van der Waals surface area contributed by atoms with Crippen LogP contribution < -0.4 is 10.6 Å². The predicted molar refractivity (Wildman–Crippen MR) is 93.1 cm³/mol. The first kappa shape index (κ1) is 18.4. The number of nitro groups is 1. The molecule has 2 rings (SSSR count). The molecule has 0 aliphatic carbocycles. The minimum Gasteiger partial charge on any atom is -0.308 e. The lowest BCUT2D eigenvalue weighted by atomic mass is 10.3. The number of benzene rings is 2. The van der Waals surface area contributed by atoms with Gasteiger partial charge in [-0.1, -0.05) is 0 Å². The van der Waals surface area contributed by atoms with Crippen LogP contribution in [0.25, 0.3) is 0 Å². The fourth-order valence-electron chi connectivity index (χ4n) is 1.88. The Morgan fingerprint density at radius 3 is 1.80 bits per heavy atom. The number of nitrogens with zero attached hydrogens (tertiary/aromatic N) is 2. The number of non-ortho nitro benzene ring substituents is 1. The fraction of sp³-hybridized carbons (Fsp3) is 0.133. The SMILES string of the molecule is CN(C)S(=O)(=O)c1ccc(NC(=O)Nc2ccc([N+](=O)[O-])cc2)cc1. The molecule has 0 fully saturated rings. The summed E-state index contributed by atoms with van der Waals surface area (Å²) in [4.78, 5) is 22.1. The Balaban J connectivity index is 2.02. The van der Waals surface area contributed by atoms with Crippen LogP contribution in [-0.2, 0) is 10.0 Å². The zero-order valence-corrected chi connectivity index (χ0v) is 14.3. The van der Waals surface area contributed by atoms with Crippen molar-refractivity contribution in [3.63, 3.8) is 0 Å². The first-order chi connectivity index (χ1) is 11.7. The van der Waals surface area contributed by atoms with Crippen LogP contribution in [0, 0.1) is 10.1 Å². The Morgan fingerprint density at radius 2 is 1.40 bits per heavy atom. The zero-order chi connectivity index (χ0) is 18.6. The third-order valence-corrected chi connectivity index (χ3v) is 5.06. The highest BCUT2D eigenvalue weighted by Crippen LogP contribution is 2.18. The van der Waals surface area contributed by atoms with Crippen LogP contribution in [0.4, 0.5) is 21.9 Å². The molecule has 25 heavy (non-hydrogen) atoms. The maximum absolute atomic E-state index is 12.0. The highest BCUT2D eigenvalue weighted by atomic mass is 32.2. The van der Waals surface area contributed by atoms with Crippen LogP contribution in [-0.4, -0.2) is 37.8 Å². The van der Waals surface area contributed by atoms with Crippen molar-refractivity contribution in [1.29, 1.82) is 0 Å². The minimum atomic E-state index is -3.53. The van der Waals surface area contributed by atoms with Crippen molar-refractivity contribution >= 4 is 33.1 Å². The highest BCUT2D eigenvalue weighted by molar-refractivity contribution is 7.89. The molecular formula is C15H16N4O5S. The van der Waals surface area contributed by atoms with E-state index in [1.807, 2.05) is 0 Å². The van der Waals surface area contributed by atoms with Crippen LogP contribution in [0.3, 0.4) is 0 Å². The summed E-state index contributed by atoms with van der Waals surface area (Å²) < 4.78 is 25.0. The number of amides is 2. The van der Waals surface area contributed by atoms with E-state index in [4.69, 9.17) is 0 Å². The number of rotatable bonds is 5. The van der Waals surface area contributed by atoms with E-state index in [2.05, 4.69) is 10.6 Å². The maximum Gasteiger partial charge on any atom is 0.323 e. The van der Waals surface area contributed by atoms with Gasteiger partial charge in [-0.25, -0.2) is 17.5 Å². The van der Waals surface area contributed by atoms with Crippen molar-refractivity contribution in [3.05, 3.63) is 58.6 Å². The molecule has 0 saturated heterocycles. The second-order valence-corrected chi connectivity index (χ2v) is 7.35. The van der Waals surface area contributed by atoms with Crippen LogP contribution in [0.15, 0.2) is 53.4 Å². The Labute approximate surface area is 144 Å². The first-order valence-electron chi connectivity index (χ1n) is 7.05. The van der Waals surface area contributed by atoms with E-state index in [1.165, 1.54) is 62.6 Å². The molecule has 0 heterocycles. The number of nitrogens with one attached hydrogen (secondary N) is 2. The van der Waals surface area contributed by atoms with Gasteiger partial charge in [0.25, 0.3) is 5.69 Å². The Hall–Kier alpha value is -2.98. The quantitative estimate of drug-likeness (QED) is 0.623. The monoisotopic (exact) mass is 364 g/mol. The first-order valence-corrected chi connectivity index (χ1v) is 8.49. The molecule has 0 aromatic heterocycles. The van der Waals surface area contributed by atoms with E-state index in [0.29, 0.717) is 11.4 Å². The number of hydrogen-bond donors (Lipinski definition) is 2. The molecule has 0 atom stereocenters. The van der Waals surface area contributed by atoms with Gasteiger partial charge in [0.1, 0.15) is 0 Å². The van der Waals surface area contributed by atoms with Crippen LogP contribution in [0.2, 0.25) is 0 Å². The van der Waals surface area contributed by atoms with Gasteiger partial charge in [0.05, 0.1) is 9.82 Å². The summed E-state index contributed by atoms with van der Waals surface area (Å²) in [5.41, 5.74) is 0.704. The lowest BCUT2D eigenvalue weighted by molar-refractivity contribution is -0.384. The second-order valence-electron chi connectivity index (χ2n) is 5.19. The lowest BCUT2D eigenvalue weighted by Crippen LogP contribution is -2.22. The standard InChI is InChI=1S/C15H16N4O5S/c1-18(2)25(23,24)14-9-5-12(6-10-14)17-15(20)16-11-3-7-13(8-4-11)19(21)22/h3-10H,1-2H3,(H2,16,17,20). The third-order valence-electron chi connectivity index (χ3n) is 3.23. The summed E-state index contributed by atoms with van der Waals surface area (Å²) in [7, 11) is -0.672. The van der Waals surface area contributed by atoms with Gasteiger partial charge < -0.3 is 10.6 Å². The predicted octanol–water partition coefficient (Wildman–Crippen LogP) is 2.49. The summed E-state index contributed by atoms with van der Waals surface area (Å²) in [5, 5.41) is 15.6. The van der Waals surface area contributed by atoms with E-state index in [9.17, 15) is 23.3 Å². The topological polar surface area (TPSA) is 122 Å².